The van der Waals surface area contributed by atoms with Crippen molar-refractivity contribution in [3.05, 3.63) is 10.1 Å². The van der Waals surface area contributed by atoms with E-state index in [0.717, 1.165) is 0 Å². The molecule has 0 aromatic carbocycles. The molecule has 0 aromatic heterocycles. The van der Waals surface area contributed by atoms with Gasteiger partial charge in [0.05, 0.1) is 15.9 Å². The molecule has 5 heteroatoms. The minimum atomic E-state index is -0.780. The lowest BCUT2D eigenvalue weighted by Gasteiger charge is -1.98. The Balaban J connectivity index is 4.10. The molecule has 0 saturated heterocycles. The van der Waals surface area contributed by atoms with Crippen LogP contribution < -0.4 is 0 Å². The summed E-state index contributed by atoms with van der Waals surface area (Å²) in [4.78, 5) is -0.780. The Kier molecular flexibility index (Phi) is 5.57. The van der Waals surface area contributed by atoms with Gasteiger partial charge in [-0.2, -0.15) is 0 Å². The first-order chi connectivity index (χ1) is 4.09. The molecule has 0 bridgehead atoms. The van der Waals surface area contributed by atoms with Gasteiger partial charge >= 0.3 is 0 Å². The fraction of sp³-hybridized carbons (Fsp3) is 0.500. The normalized spacial score (nSPS) is 14.0. The van der Waals surface area contributed by atoms with E-state index in [1.807, 2.05) is 0 Å². The molecule has 0 aliphatic carbocycles. The molecule has 0 atom stereocenters. The van der Waals surface area contributed by atoms with Crippen LogP contribution in [0.15, 0.2) is 10.1 Å². The monoisotopic (exact) mass is 226 g/mol. The zero-order valence-electron chi connectivity index (χ0n) is 4.17. The third-order valence-corrected chi connectivity index (χ3v) is 2.51. The zero-order valence-corrected chi connectivity index (χ0v) is 7.95. The van der Waals surface area contributed by atoms with Gasteiger partial charge in [0.25, 0.3) is 0 Å². The van der Waals surface area contributed by atoms with Gasteiger partial charge in [0, 0.05) is 0 Å². The van der Waals surface area contributed by atoms with Crippen LogP contribution in [0.3, 0.4) is 0 Å². The number of alkyl halides is 3. The minimum absolute atomic E-state index is 0.135. The van der Waals surface area contributed by atoms with E-state index < -0.39 is 4.84 Å². The molecule has 0 unspecified atom stereocenters. The standard InChI is InChI=1S/C4H3Cl5/c5-1-2(6)3(7)4(8)9/h4H,1H2/b3-2+. The van der Waals surface area contributed by atoms with Crippen LogP contribution in [0.4, 0.5) is 0 Å². The van der Waals surface area contributed by atoms with Crippen LogP contribution >= 0.6 is 58.0 Å². The Morgan fingerprint density at radius 1 is 1.22 bits per heavy atom. The van der Waals surface area contributed by atoms with Crippen LogP contribution in [0.5, 0.6) is 0 Å². The summed E-state index contributed by atoms with van der Waals surface area (Å²) < 4.78 is 0. The maximum atomic E-state index is 5.47. The molecule has 9 heavy (non-hydrogen) atoms. The third kappa shape index (κ3) is 3.79. The summed E-state index contributed by atoms with van der Waals surface area (Å²) >= 11 is 26.9. The van der Waals surface area contributed by atoms with Crippen LogP contribution in [0.2, 0.25) is 0 Å². The van der Waals surface area contributed by atoms with E-state index >= 15 is 0 Å². The topological polar surface area (TPSA) is 0 Å². The van der Waals surface area contributed by atoms with Gasteiger partial charge in [0.2, 0.25) is 0 Å². The molecule has 0 radical (unpaired) electrons. The van der Waals surface area contributed by atoms with E-state index in [2.05, 4.69) is 0 Å². The maximum absolute atomic E-state index is 5.47. The molecule has 54 valence electrons. The van der Waals surface area contributed by atoms with Gasteiger partial charge in [-0.3, -0.25) is 0 Å². The van der Waals surface area contributed by atoms with Crippen molar-refractivity contribution in [1.82, 2.24) is 0 Å². The highest BCUT2D eigenvalue weighted by atomic mass is 35.5. The molecule has 0 saturated carbocycles. The summed E-state index contributed by atoms with van der Waals surface area (Å²) in [7, 11) is 0. The molecule has 0 aliphatic heterocycles. The van der Waals surface area contributed by atoms with Crippen molar-refractivity contribution in [2.24, 2.45) is 0 Å². The average molecular weight is 228 g/mol. The van der Waals surface area contributed by atoms with E-state index in [1.54, 1.807) is 0 Å². The van der Waals surface area contributed by atoms with E-state index in [4.69, 9.17) is 58.0 Å². The molecule has 0 nitrogen and oxygen atoms in total. The van der Waals surface area contributed by atoms with Gasteiger partial charge in [-0.05, 0) is 0 Å². The number of rotatable bonds is 2. The Bertz CT molecular complexity index is 116. The highest BCUT2D eigenvalue weighted by Gasteiger charge is 2.08. The van der Waals surface area contributed by atoms with Crippen molar-refractivity contribution in [1.29, 1.82) is 0 Å². The summed E-state index contributed by atoms with van der Waals surface area (Å²) in [5.41, 5.74) is 0. The lowest BCUT2D eigenvalue weighted by molar-refractivity contribution is 1.47. The number of allylic oxidation sites excluding steroid dienone is 2. The molecular weight excluding hydrogens is 225 g/mol. The number of hydrogen-bond acceptors (Lipinski definition) is 0. The second-order valence-electron chi connectivity index (χ2n) is 1.19. The maximum Gasteiger partial charge on any atom is 0.144 e. The molecule has 0 N–H and O–H groups in total. The summed E-state index contributed by atoms with van der Waals surface area (Å²) in [6.45, 7) is 0. The summed E-state index contributed by atoms with van der Waals surface area (Å²) in [6, 6.07) is 0. The molecule has 0 rings (SSSR count). The second-order valence-corrected chi connectivity index (χ2v) is 3.41. The van der Waals surface area contributed by atoms with Crippen molar-refractivity contribution >= 4 is 58.0 Å². The summed E-state index contributed by atoms with van der Waals surface area (Å²) in [5.74, 6) is 0.135. The predicted molar refractivity (Wildman–Crippen MR) is 44.9 cm³/mol. The molecule has 0 heterocycles. The molecule has 0 amide bonds. The number of halogens is 5. The fourth-order valence-corrected chi connectivity index (χ4v) is 0.946. The van der Waals surface area contributed by atoms with Crippen molar-refractivity contribution in [2.45, 2.75) is 4.84 Å². The van der Waals surface area contributed by atoms with Gasteiger partial charge in [-0.25, -0.2) is 0 Å². The van der Waals surface area contributed by atoms with E-state index in [1.165, 1.54) is 0 Å². The van der Waals surface area contributed by atoms with Crippen molar-refractivity contribution in [2.75, 3.05) is 5.88 Å². The van der Waals surface area contributed by atoms with E-state index in [0.29, 0.717) is 0 Å². The molecular formula is C4H3Cl5. The largest absolute Gasteiger partial charge is 0.144 e. The average Bonchev–Trinajstić information content (AvgIpc) is 1.84. The first-order valence-corrected chi connectivity index (χ1v) is 4.14. The highest BCUT2D eigenvalue weighted by Crippen LogP contribution is 2.24. The van der Waals surface area contributed by atoms with Crippen molar-refractivity contribution in [3.63, 3.8) is 0 Å². The van der Waals surface area contributed by atoms with Crippen molar-refractivity contribution in [3.8, 4) is 0 Å². The van der Waals surface area contributed by atoms with E-state index in [-0.39, 0.29) is 15.9 Å². The first-order valence-electron chi connectivity index (χ1n) is 1.97. The Morgan fingerprint density at radius 3 is 1.78 bits per heavy atom. The lowest BCUT2D eigenvalue weighted by atomic mass is 10.6. The van der Waals surface area contributed by atoms with Crippen LogP contribution in [-0.2, 0) is 0 Å². The third-order valence-electron chi connectivity index (χ3n) is 0.568. The number of hydrogen-bond donors (Lipinski definition) is 0. The quantitative estimate of drug-likeness (QED) is 0.632. The van der Waals surface area contributed by atoms with Crippen molar-refractivity contribution < 1.29 is 0 Å². The van der Waals surface area contributed by atoms with Crippen LogP contribution in [0.25, 0.3) is 0 Å². The molecule has 0 aromatic rings. The summed E-state index contributed by atoms with van der Waals surface area (Å²) in [5, 5.41) is 0.475. The van der Waals surface area contributed by atoms with Crippen LogP contribution in [-0.4, -0.2) is 10.7 Å². The SMILES string of the molecule is ClC/C(Cl)=C(\Cl)C(Cl)Cl. The first kappa shape index (κ1) is 10.2. The molecule has 0 spiro atoms. The zero-order chi connectivity index (χ0) is 7.44. The Labute approximate surface area is 78.7 Å². The van der Waals surface area contributed by atoms with Gasteiger partial charge in [-0.1, -0.05) is 46.4 Å². The fourth-order valence-electron chi connectivity index (χ4n) is 0.182. The smallest absolute Gasteiger partial charge is 0.121 e. The minimum Gasteiger partial charge on any atom is -0.121 e. The highest BCUT2D eigenvalue weighted by molar-refractivity contribution is 6.54. The van der Waals surface area contributed by atoms with Gasteiger partial charge in [0.15, 0.2) is 0 Å². The predicted octanol–water partition coefficient (Wildman–Crippen LogP) is 3.72. The second kappa shape index (κ2) is 4.92. The Hall–Kier alpha value is 1.19. The Morgan fingerprint density at radius 2 is 1.67 bits per heavy atom. The van der Waals surface area contributed by atoms with Crippen LogP contribution in [0, 0.1) is 0 Å². The van der Waals surface area contributed by atoms with Gasteiger partial charge in [0.1, 0.15) is 4.84 Å². The van der Waals surface area contributed by atoms with Gasteiger partial charge in [-0.15, -0.1) is 11.6 Å². The lowest BCUT2D eigenvalue weighted by Crippen LogP contribution is -1.89. The molecule has 0 aliphatic rings. The van der Waals surface area contributed by atoms with Crippen LogP contribution in [0.1, 0.15) is 0 Å². The van der Waals surface area contributed by atoms with Gasteiger partial charge < -0.3 is 0 Å². The summed E-state index contributed by atoms with van der Waals surface area (Å²) in [6.07, 6.45) is 0. The molecule has 0 fully saturated rings. The van der Waals surface area contributed by atoms with E-state index in [9.17, 15) is 0 Å².